The summed E-state index contributed by atoms with van der Waals surface area (Å²) in [5.74, 6) is -1.80. The van der Waals surface area contributed by atoms with E-state index in [1.165, 1.54) is 24.3 Å². The summed E-state index contributed by atoms with van der Waals surface area (Å²) in [6, 6.07) is 5.06. The van der Waals surface area contributed by atoms with Gasteiger partial charge in [0.1, 0.15) is 6.54 Å². The molecule has 0 amide bonds. The minimum Gasteiger partial charge on any atom is -0.480 e. The summed E-state index contributed by atoms with van der Waals surface area (Å²) < 4.78 is 25.1. The lowest BCUT2D eigenvalue weighted by Gasteiger charge is -2.05. The molecule has 8 heteroatoms. The smallest absolute Gasteiger partial charge is 0.318 e. The van der Waals surface area contributed by atoms with Crippen molar-refractivity contribution in [1.29, 1.82) is 0 Å². The van der Waals surface area contributed by atoms with Gasteiger partial charge in [0.05, 0.1) is 10.8 Å². The number of hydrogen-bond acceptors (Lipinski definition) is 4. The van der Waals surface area contributed by atoms with Crippen LogP contribution in [0.25, 0.3) is 0 Å². The van der Waals surface area contributed by atoms with E-state index in [1.807, 2.05) is 4.72 Å². The summed E-state index contributed by atoms with van der Waals surface area (Å²) in [5.41, 5.74) is 0.294. The maximum atomic E-state index is 11.6. The highest BCUT2D eigenvalue weighted by atomic mass is 35.5. The van der Waals surface area contributed by atoms with Gasteiger partial charge in [-0.2, -0.15) is 4.72 Å². The van der Waals surface area contributed by atoms with Crippen LogP contribution in [0.4, 0.5) is 0 Å². The van der Waals surface area contributed by atoms with Crippen LogP contribution in [0.2, 0.25) is 0 Å². The van der Waals surface area contributed by atoms with E-state index in [0.717, 1.165) is 0 Å². The fourth-order valence-corrected chi connectivity index (χ4v) is 2.27. The van der Waals surface area contributed by atoms with Gasteiger partial charge in [-0.1, -0.05) is 12.1 Å². The maximum absolute atomic E-state index is 11.6. The summed E-state index contributed by atoms with van der Waals surface area (Å²) in [5, 5.41) is 8.39. The number of carboxylic acids is 1. The Morgan fingerprint density at radius 1 is 1.22 bits per heavy atom. The molecule has 0 unspecified atom stereocenters. The summed E-state index contributed by atoms with van der Waals surface area (Å²) in [6.45, 7) is -0.704. The highest BCUT2D eigenvalue weighted by Gasteiger charge is 2.15. The van der Waals surface area contributed by atoms with E-state index in [4.69, 9.17) is 16.7 Å². The molecule has 0 saturated heterocycles. The van der Waals surface area contributed by atoms with E-state index in [9.17, 15) is 18.0 Å². The van der Waals surface area contributed by atoms with Gasteiger partial charge in [-0.15, -0.1) is 11.6 Å². The van der Waals surface area contributed by atoms with E-state index in [-0.39, 0.29) is 16.6 Å². The zero-order chi connectivity index (χ0) is 13.8. The molecule has 1 aromatic carbocycles. The quantitative estimate of drug-likeness (QED) is 0.586. The summed E-state index contributed by atoms with van der Waals surface area (Å²) in [6.07, 6.45) is 0. The minimum atomic E-state index is -3.88. The molecule has 0 radical (unpaired) electrons. The number of carbonyl (C=O) groups excluding carboxylic acids is 1. The number of hydrogen-bond donors (Lipinski definition) is 2. The molecule has 18 heavy (non-hydrogen) atoms. The van der Waals surface area contributed by atoms with Crippen LogP contribution in [-0.2, 0) is 14.8 Å². The number of Topliss-reactive ketones (excluding diaryl/α,β-unsaturated/α-hetero) is 1. The number of carbonyl (C=O) groups is 2. The molecule has 0 fully saturated rings. The van der Waals surface area contributed by atoms with Crippen molar-refractivity contribution in [2.24, 2.45) is 0 Å². The van der Waals surface area contributed by atoms with Crippen LogP contribution in [0.1, 0.15) is 10.4 Å². The van der Waals surface area contributed by atoms with E-state index >= 15 is 0 Å². The van der Waals surface area contributed by atoms with E-state index in [1.54, 1.807) is 0 Å². The maximum Gasteiger partial charge on any atom is 0.318 e. The summed E-state index contributed by atoms with van der Waals surface area (Å²) in [7, 11) is -3.88. The lowest BCUT2D eigenvalue weighted by molar-refractivity contribution is -0.135. The number of nitrogens with one attached hydrogen (secondary N) is 1. The molecule has 98 valence electrons. The SMILES string of the molecule is O=C(O)CNS(=O)(=O)c1ccc(C(=O)CCl)cc1. The predicted molar refractivity (Wildman–Crippen MR) is 64.3 cm³/mol. The van der Waals surface area contributed by atoms with Gasteiger partial charge in [0, 0.05) is 5.56 Å². The highest BCUT2D eigenvalue weighted by Crippen LogP contribution is 2.11. The molecule has 0 bridgehead atoms. The monoisotopic (exact) mass is 291 g/mol. The number of carboxylic acid groups (broad SMARTS) is 1. The second-order valence-corrected chi connectivity index (χ2v) is 5.33. The first-order valence-corrected chi connectivity index (χ1v) is 6.79. The molecule has 0 aromatic heterocycles. The number of rotatable bonds is 6. The Labute approximate surface area is 109 Å². The average Bonchev–Trinajstić information content (AvgIpc) is 2.36. The normalized spacial score (nSPS) is 11.2. The van der Waals surface area contributed by atoms with Crippen molar-refractivity contribution in [2.45, 2.75) is 4.90 Å². The number of halogens is 1. The van der Waals surface area contributed by atoms with Crippen LogP contribution >= 0.6 is 11.6 Å². The van der Waals surface area contributed by atoms with E-state index in [0.29, 0.717) is 5.56 Å². The molecule has 6 nitrogen and oxygen atoms in total. The molecule has 1 aromatic rings. The molecule has 1 rings (SSSR count). The molecule has 0 saturated carbocycles. The van der Waals surface area contributed by atoms with Crippen molar-refractivity contribution < 1.29 is 23.1 Å². The lowest BCUT2D eigenvalue weighted by Crippen LogP contribution is -2.29. The minimum absolute atomic E-state index is 0.116. The van der Waals surface area contributed by atoms with Gasteiger partial charge in [0.15, 0.2) is 5.78 Å². The molecule has 2 N–H and O–H groups in total. The number of benzene rings is 1. The molecule has 0 spiro atoms. The van der Waals surface area contributed by atoms with Crippen LogP contribution in [0.3, 0.4) is 0 Å². The zero-order valence-corrected chi connectivity index (χ0v) is 10.7. The predicted octanol–water partition coefficient (Wildman–Crippen LogP) is 0.471. The second-order valence-electron chi connectivity index (χ2n) is 3.30. The Kier molecular flexibility index (Phi) is 4.83. The van der Waals surface area contributed by atoms with Gasteiger partial charge in [-0.3, -0.25) is 9.59 Å². The second kappa shape index (κ2) is 5.94. The fraction of sp³-hybridized carbons (Fsp3) is 0.200. The van der Waals surface area contributed by atoms with Crippen molar-refractivity contribution in [2.75, 3.05) is 12.4 Å². The highest BCUT2D eigenvalue weighted by molar-refractivity contribution is 7.89. The first-order chi connectivity index (χ1) is 8.36. The number of aliphatic carboxylic acids is 1. The van der Waals surface area contributed by atoms with Gasteiger partial charge in [-0.25, -0.2) is 8.42 Å². The molecule has 0 aliphatic rings. The van der Waals surface area contributed by atoms with Gasteiger partial charge in [-0.05, 0) is 12.1 Å². The topological polar surface area (TPSA) is 101 Å². The first kappa shape index (κ1) is 14.6. The van der Waals surface area contributed by atoms with E-state index in [2.05, 4.69) is 0 Å². The van der Waals surface area contributed by atoms with Crippen LogP contribution in [-0.4, -0.2) is 37.7 Å². The fourth-order valence-electron chi connectivity index (χ4n) is 1.14. The third-order valence-electron chi connectivity index (χ3n) is 2.02. The number of ketones is 1. The Bertz CT molecular complexity index is 552. The van der Waals surface area contributed by atoms with Crippen LogP contribution in [0.5, 0.6) is 0 Å². The Balaban J connectivity index is 2.91. The van der Waals surface area contributed by atoms with Crippen molar-refractivity contribution in [3.05, 3.63) is 29.8 Å². The Morgan fingerprint density at radius 3 is 2.22 bits per heavy atom. The number of alkyl halides is 1. The van der Waals surface area contributed by atoms with Gasteiger partial charge in [0.25, 0.3) is 0 Å². The third-order valence-corrected chi connectivity index (χ3v) is 3.68. The third kappa shape index (κ3) is 3.80. The molecule has 0 atom stereocenters. The Hall–Kier alpha value is -1.44. The molecule has 0 heterocycles. The van der Waals surface area contributed by atoms with Gasteiger partial charge in [0.2, 0.25) is 10.0 Å². The van der Waals surface area contributed by atoms with Gasteiger partial charge < -0.3 is 5.11 Å². The Morgan fingerprint density at radius 2 is 1.78 bits per heavy atom. The van der Waals surface area contributed by atoms with Crippen LogP contribution < -0.4 is 4.72 Å². The molecule has 0 aliphatic heterocycles. The standard InChI is InChI=1S/C10H10ClNO5S/c11-5-9(13)7-1-3-8(4-2-7)18(16,17)12-6-10(14)15/h1-4,12H,5-6H2,(H,14,15). The molecular formula is C10H10ClNO5S. The van der Waals surface area contributed by atoms with Crippen molar-refractivity contribution >= 4 is 33.4 Å². The van der Waals surface area contributed by atoms with Crippen molar-refractivity contribution in [3.63, 3.8) is 0 Å². The van der Waals surface area contributed by atoms with Crippen molar-refractivity contribution in [1.82, 2.24) is 4.72 Å². The van der Waals surface area contributed by atoms with Crippen LogP contribution in [0, 0.1) is 0 Å². The van der Waals surface area contributed by atoms with Crippen molar-refractivity contribution in [3.8, 4) is 0 Å². The molecular weight excluding hydrogens is 282 g/mol. The number of sulfonamides is 1. The summed E-state index contributed by atoms with van der Waals surface area (Å²) in [4.78, 5) is 21.4. The van der Waals surface area contributed by atoms with Crippen LogP contribution in [0.15, 0.2) is 29.2 Å². The molecule has 0 aliphatic carbocycles. The van der Waals surface area contributed by atoms with Gasteiger partial charge >= 0.3 is 5.97 Å². The lowest BCUT2D eigenvalue weighted by atomic mass is 10.1. The first-order valence-electron chi connectivity index (χ1n) is 4.77. The largest absolute Gasteiger partial charge is 0.480 e. The zero-order valence-electron chi connectivity index (χ0n) is 9.09. The van der Waals surface area contributed by atoms with E-state index < -0.39 is 22.5 Å². The average molecular weight is 292 g/mol. The summed E-state index contributed by atoms with van der Waals surface area (Å²) >= 11 is 5.36.